The summed E-state index contributed by atoms with van der Waals surface area (Å²) in [5.41, 5.74) is 6.71. The Hall–Kier alpha value is -1.55. The van der Waals surface area contributed by atoms with Crippen molar-refractivity contribution in [3.05, 3.63) is 29.8 Å². The van der Waals surface area contributed by atoms with Crippen molar-refractivity contribution in [2.24, 2.45) is 5.73 Å². The predicted octanol–water partition coefficient (Wildman–Crippen LogP) is 1.96. The van der Waals surface area contributed by atoms with Gasteiger partial charge in [0.05, 0.1) is 6.61 Å². The second-order valence-electron chi connectivity index (χ2n) is 4.86. The number of nitrogens with two attached hydrogens (primary N) is 1. The standard InChI is InChI=1S/C15H24N2O2/c1-12-6-4-7-14(10-12)19-9-5-8-15(18)17(3)13(2)11-16/h4,6-7,10,13H,5,8-9,11,16H2,1-3H3. The molecule has 1 aromatic carbocycles. The highest BCUT2D eigenvalue weighted by molar-refractivity contribution is 5.76. The first-order valence-corrected chi connectivity index (χ1v) is 6.69. The summed E-state index contributed by atoms with van der Waals surface area (Å²) in [6.45, 7) is 5.02. The normalized spacial score (nSPS) is 12.0. The molecule has 1 aromatic rings. The monoisotopic (exact) mass is 264 g/mol. The quantitative estimate of drug-likeness (QED) is 0.766. The number of hydrogen-bond acceptors (Lipinski definition) is 3. The highest BCUT2D eigenvalue weighted by Crippen LogP contribution is 2.12. The van der Waals surface area contributed by atoms with E-state index in [0.29, 0.717) is 26.0 Å². The molecule has 1 amide bonds. The molecule has 0 radical (unpaired) electrons. The number of benzene rings is 1. The molecule has 4 nitrogen and oxygen atoms in total. The van der Waals surface area contributed by atoms with E-state index in [0.717, 1.165) is 5.75 Å². The molecule has 0 saturated heterocycles. The summed E-state index contributed by atoms with van der Waals surface area (Å²) in [5.74, 6) is 0.974. The molecule has 1 unspecified atom stereocenters. The summed E-state index contributed by atoms with van der Waals surface area (Å²) in [7, 11) is 1.79. The number of aryl methyl sites for hydroxylation is 1. The lowest BCUT2D eigenvalue weighted by molar-refractivity contribution is -0.131. The summed E-state index contributed by atoms with van der Waals surface area (Å²) in [4.78, 5) is 13.5. The Morgan fingerprint density at radius 1 is 1.47 bits per heavy atom. The summed E-state index contributed by atoms with van der Waals surface area (Å²) in [6, 6.07) is 8.00. The maximum absolute atomic E-state index is 11.8. The zero-order chi connectivity index (χ0) is 14.3. The number of hydrogen-bond donors (Lipinski definition) is 1. The van der Waals surface area contributed by atoms with E-state index in [-0.39, 0.29) is 11.9 Å². The van der Waals surface area contributed by atoms with Crippen LogP contribution in [-0.2, 0) is 4.79 Å². The van der Waals surface area contributed by atoms with Crippen LogP contribution in [0, 0.1) is 6.92 Å². The zero-order valence-electron chi connectivity index (χ0n) is 12.1. The number of amides is 1. The molecular weight excluding hydrogens is 240 g/mol. The van der Waals surface area contributed by atoms with Crippen molar-refractivity contribution in [1.82, 2.24) is 4.90 Å². The van der Waals surface area contributed by atoms with E-state index in [1.165, 1.54) is 5.56 Å². The largest absolute Gasteiger partial charge is 0.494 e. The Balaban J connectivity index is 2.26. The smallest absolute Gasteiger partial charge is 0.222 e. The third-order valence-corrected chi connectivity index (χ3v) is 3.19. The minimum atomic E-state index is 0.0881. The van der Waals surface area contributed by atoms with Crippen molar-refractivity contribution in [2.75, 3.05) is 20.2 Å². The average Bonchev–Trinajstić information content (AvgIpc) is 2.41. The molecule has 0 aliphatic carbocycles. The second kappa shape index (κ2) is 7.79. The van der Waals surface area contributed by atoms with Crippen molar-refractivity contribution in [1.29, 1.82) is 0 Å². The van der Waals surface area contributed by atoms with Crippen LogP contribution in [0.5, 0.6) is 5.75 Å². The first kappa shape index (κ1) is 15.5. The molecule has 1 atom stereocenters. The van der Waals surface area contributed by atoms with Crippen molar-refractivity contribution in [3.8, 4) is 5.75 Å². The van der Waals surface area contributed by atoms with Crippen LogP contribution in [0.1, 0.15) is 25.3 Å². The number of carbonyl (C=O) groups is 1. The Morgan fingerprint density at radius 2 is 2.21 bits per heavy atom. The summed E-state index contributed by atoms with van der Waals surface area (Å²) in [5, 5.41) is 0. The third-order valence-electron chi connectivity index (χ3n) is 3.19. The summed E-state index contributed by atoms with van der Waals surface area (Å²) in [6.07, 6.45) is 1.21. The highest BCUT2D eigenvalue weighted by Gasteiger charge is 2.13. The molecule has 0 aliphatic heterocycles. The maximum atomic E-state index is 11.8. The van der Waals surface area contributed by atoms with Crippen LogP contribution >= 0.6 is 0 Å². The molecule has 2 N–H and O–H groups in total. The van der Waals surface area contributed by atoms with Crippen molar-refractivity contribution >= 4 is 5.91 Å². The Kier molecular flexibility index (Phi) is 6.36. The molecule has 106 valence electrons. The van der Waals surface area contributed by atoms with E-state index in [4.69, 9.17) is 10.5 Å². The molecule has 0 fully saturated rings. The van der Waals surface area contributed by atoms with Gasteiger partial charge in [-0.05, 0) is 38.0 Å². The molecule has 0 saturated carbocycles. The van der Waals surface area contributed by atoms with Gasteiger partial charge in [0.2, 0.25) is 5.91 Å². The molecule has 0 aliphatic rings. The number of likely N-dealkylation sites (N-methyl/N-ethyl adjacent to an activating group) is 1. The molecule has 4 heteroatoms. The summed E-state index contributed by atoms with van der Waals surface area (Å²) >= 11 is 0. The van der Waals surface area contributed by atoms with Crippen LogP contribution < -0.4 is 10.5 Å². The fourth-order valence-electron chi connectivity index (χ4n) is 1.70. The van der Waals surface area contributed by atoms with Crippen LogP contribution in [0.25, 0.3) is 0 Å². The van der Waals surface area contributed by atoms with E-state index in [1.807, 2.05) is 38.1 Å². The molecule has 0 bridgehead atoms. The Morgan fingerprint density at radius 3 is 2.84 bits per heavy atom. The van der Waals surface area contributed by atoms with E-state index < -0.39 is 0 Å². The summed E-state index contributed by atoms with van der Waals surface area (Å²) < 4.78 is 5.61. The Labute approximate surface area is 115 Å². The van der Waals surface area contributed by atoms with Gasteiger partial charge in [0.15, 0.2) is 0 Å². The minimum absolute atomic E-state index is 0.0881. The lowest BCUT2D eigenvalue weighted by atomic mass is 10.2. The third kappa shape index (κ3) is 5.30. The first-order chi connectivity index (χ1) is 9.04. The molecule has 19 heavy (non-hydrogen) atoms. The van der Waals surface area contributed by atoms with E-state index in [2.05, 4.69) is 0 Å². The van der Waals surface area contributed by atoms with Crippen molar-refractivity contribution in [2.45, 2.75) is 32.7 Å². The van der Waals surface area contributed by atoms with E-state index in [1.54, 1.807) is 11.9 Å². The fraction of sp³-hybridized carbons (Fsp3) is 0.533. The van der Waals surface area contributed by atoms with Gasteiger partial charge in [-0.1, -0.05) is 12.1 Å². The lowest BCUT2D eigenvalue weighted by Crippen LogP contribution is -2.39. The van der Waals surface area contributed by atoms with Crippen LogP contribution in [0.4, 0.5) is 0 Å². The van der Waals surface area contributed by atoms with Gasteiger partial charge in [0, 0.05) is 26.1 Å². The zero-order valence-corrected chi connectivity index (χ0v) is 12.1. The predicted molar refractivity (Wildman–Crippen MR) is 77.2 cm³/mol. The van der Waals surface area contributed by atoms with Gasteiger partial charge in [0.1, 0.15) is 5.75 Å². The molecular formula is C15H24N2O2. The minimum Gasteiger partial charge on any atom is -0.494 e. The second-order valence-corrected chi connectivity index (χ2v) is 4.86. The van der Waals surface area contributed by atoms with Gasteiger partial charge in [-0.25, -0.2) is 0 Å². The first-order valence-electron chi connectivity index (χ1n) is 6.69. The van der Waals surface area contributed by atoms with Gasteiger partial charge < -0.3 is 15.4 Å². The number of carbonyl (C=O) groups excluding carboxylic acids is 1. The number of nitrogens with zero attached hydrogens (tertiary/aromatic N) is 1. The SMILES string of the molecule is Cc1cccc(OCCCC(=O)N(C)C(C)CN)c1. The Bertz CT molecular complexity index is 407. The van der Waals surface area contributed by atoms with Crippen LogP contribution in [0.15, 0.2) is 24.3 Å². The molecule has 0 aromatic heterocycles. The number of ether oxygens (including phenoxy) is 1. The van der Waals surface area contributed by atoms with Crippen molar-refractivity contribution in [3.63, 3.8) is 0 Å². The van der Waals surface area contributed by atoms with Gasteiger partial charge in [-0.3, -0.25) is 4.79 Å². The van der Waals surface area contributed by atoms with Gasteiger partial charge in [-0.15, -0.1) is 0 Å². The molecule has 0 spiro atoms. The van der Waals surface area contributed by atoms with Gasteiger partial charge >= 0.3 is 0 Å². The van der Waals surface area contributed by atoms with Crippen molar-refractivity contribution < 1.29 is 9.53 Å². The van der Waals surface area contributed by atoms with Gasteiger partial charge in [-0.2, -0.15) is 0 Å². The molecule has 1 rings (SSSR count). The highest BCUT2D eigenvalue weighted by atomic mass is 16.5. The van der Waals surface area contributed by atoms with Gasteiger partial charge in [0.25, 0.3) is 0 Å². The van der Waals surface area contributed by atoms with Crippen LogP contribution in [0.2, 0.25) is 0 Å². The van der Waals surface area contributed by atoms with E-state index >= 15 is 0 Å². The topological polar surface area (TPSA) is 55.6 Å². The molecule has 0 heterocycles. The maximum Gasteiger partial charge on any atom is 0.222 e. The number of rotatable bonds is 7. The average molecular weight is 264 g/mol. The van der Waals surface area contributed by atoms with Crippen LogP contribution in [-0.4, -0.2) is 37.0 Å². The fourth-order valence-corrected chi connectivity index (χ4v) is 1.70. The van der Waals surface area contributed by atoms with E-state index in [9.17, 15) is 4.79 Å². The van der Waals surface area contributed by atoms with Crippen LogP contribution in [0.3, 0.4) is 0 Å². The lowest BCUT2D eigenvalue weighted by Gasteiger charge is -2.23.